The Kier molecular flexibility index (Phi) is 3.34. The van der Waals surface area contributed by atoms with E-state index >= 15 is 0 Å². The van der Waals surface area contributed by atoms with Crippen LogP contribution in [0.1, 0.15) is 57.2 Å². The van der Waals surface area contributed by atoms with Crippen molar-refractivity contribution in [1.29, 1.82) is 0 Å². The summed E-state index contributed by atoms with van der Waals surface area (Å²) in [4.78, 5) is 0. The maximum atomic E-state index is 3.59. The highest BCUT2D eigenvalue weighted by atomic mass is 14.9. The minimum Gasteiger partial charge on any atom is -0.310 e. The summed E-state index contributed by atoms with van der Waals surface area (Å²) in [7, 11) is 0. The summed E-state index contributed by atoms with van der Waals surface area (Å²) < 4.78 is 0. The van der Waals surface area contributed by atoms with E-state index in [1.54, 1.807) is 0 Å². The highest BCUT2D eigenvalue weighted by Crippen LogP contribution is 2.26. The second-order valence-corrected chi connectivity index (χ2v) is 5.87. The van der Waals surface area contributed by atoms with Crippen LogP contribution in [-0.2, 0) is 5.41 Å². The summed E-state index contributed by atoms with van der Waals surface area (Å²) >= 11 is 0. The fraction of sp³-hybridized carbons (Fsp3) is 0.600. The molecule has 1 aromatic rings. The van der Waals surface area contributed by atoms with E-state index < -0.39 is 0 Å². The molecule has 1 fully saturated rings. The van der Waals surface area contributed by atoms with Gasteiger partial charge in [-0.05, 0) is 35.9 Å². The van der Waals surface area contributed by atoms with Gasteiger partial charge in [0.05, 0.1) is 0 Å². The van der Waals surface area contributed by atoms with E-state index in [1.807, 2.05) is 0 Å². The van der Waals surface area contributed by atoms with Crippen molar-refractivity contribution in [3.8, 4) is 0 Å². The summed E-state index contributed by atoms with van der Waals surface area (Å²) in [6.07, 6.45) is 3.98. The maximum Gasteiger partial charge on any atom is 0.0320 e. The van der Waals surface area contributed by atoms with Gasteiger partial charge in [-0.15, -0.1) is 0 Å². The molecule has 2 rings (SSSR count). The Morgan fingerprint density at radius 3 is 2.25 bits per heavy atom. The second-order valence-electron chi connectivity index (χ2n) is 5.87. The molecule has 1 aliphatic rings. The molecule has 1 saturated heterocycles. The molecule has 1 heterocycles. The lowest BCUT2D eigenvalue weighted by Gasteiger charge is -2.25. The van der Waals surface area contributed by atoms with Gasteiger partial charge < -0.3 is 5.32 Å². The first-order valence-corrected chi connectivity index (χ1v) is 6.41. The van der Waals surface area contributed by atoms with Crippen LogP contribution in [0.5, 0.6) is 0 Å². The standard InChI is InChI=1S/C15H23N/c1-15(2,3)13-9-7-12(8-10-13)14-6-4-5-11-16-14/h7-10,14,16H,4-6,11H2,1-3H3. The van der Waals surface area contributed by atoms with Gasteiger partial charge in [0, 0.05) is 6.04 Å². The lowest BCUT2D eigenvalue weighted by molar-refractivity contribution is 0.412. The van der Waals surface area contributed by atoms with Crippen molar-refractivity contribution in [1.82, 2.24) is 5.32 Å². The van der Waals surface area contributed by atoms with E-state index in [2.05, 4.69) is 50.4 Å². The monoisotopic (exact) mass is 217 g/mol. The van der Waals surface area contributed by atoms with E-state index in [0.717, 1.165) is 0 Å². The second kappa shape index (κ2) is 4.58. The third kappa shape index (κ3) is 2.65. The lowest BCUT2D eigenvalue weighted by Crippen LogP contribution is -2.26. The van der Waals surface area contributed by atoms with Gasteiger partial charge in [-0.2, -0.15) is 0 Å². The molecular formula is C15H23N. The largest absolute Gasteiger partial charge is 0.310 e. The summed E-state index contributed by atoms with van der Waals surface area (Å²) in [5.41, 5.74) is 3.14. The summed E-state index contributed by atoms with van der Waals surface area (Å²) in [5, 5.41) is 3.59. The van der Waals surface area contributed by atoms with Gasteiger partial charge in [-0.25, -0.2) is 0 Å². The molecule has 16 heavy (non-hydrogen) atoms. The number of piperidine rings is 1. The van der Waals surface area contributed by atoms with E-state index in [1.165, 1.54) is 36.9 Å². The number of nitrogens with one attached hydrogen (secondary N) is 1. The van der Waals surface area contributed by atoms with Gasteiger partial charge in [0.2, 0.25) is 0 Å². The first kappa shape index (κ1) is 11.7. The Morgan fingerprint density at radius 1 is 1.06 bits per heavy atom. The predicted molar refractivity (Wildman–Crippen MR) is 69.7 cm³/mol. The SMILES string of the molecule is CC(C)(C)c1ccc(C2CCCCN2)cc1. The van der Waals surface area contributed by atoms with E-state index in [4.69, 9.17) is 0 Å². The molecule has 1 atom stereocenters. The molecule has 1 unspecified atom stereocenters. The van der Waals surface area contributed by atoms with Crippen molar-refractivity contribution < 1.29 is 0 Å². The quantitative estimate of drug-likeness (QED) is 0.754. The lowest BCUT2D eigenvalue weighted by atomic mass is 9.85. The number of rotatable bonds is 1. The third-order valence-electron chi connectivity index (χ3n) is 3.49. The predicted octanol–water partition coefficient (Wildman–Crippen LogP) is 3.80. The maximum absolute atomic E-state index is 3.59. The molecule has 1 aliphatic heterocycles. The number of hydrogen-bond acceptors (Lipinski definition) is 1. The molecule has 0 aliphatic carbocycles. The first-order valence-electron chi connectivity index (χ1n) is 6.41. The van der Waals surface area contributed by atoms with Crippen LogP contribution in [0, 0.1) is 0 Å². The van der Waals surface area contributed by atoms with Gasteiger partial charge in [-0.1, -0.05) is 51.5 Å². The van der Waals surface area contributed by atoms with Crippen LogP contribution in [0.15, 0.2) is 24.3 Å². The molecule has 0 spiro atoms. The number of benzene rings is 1. The summed E-state index contributed by atoms with van der Waals surface area (Å²) in [6.45, 7) is 7.97. The van der Waals surface area contributed by atoms with Gasteiger partial charge in [0.1, 0.15) is 0 Å². The van der Waals surface area contributed by atoms with Crippen molar-refractivity contribution in [3.05, 3.63) is 35.4 Å². The van der Waals surface area contributed by atoms with Gasteiger partial charge in [0.15, 0.2) is 0 Å². The Balaban J connectivity index is 2.12. The van der Waals surface area contributed by atoms with E-state index in [-0.39, 0.29) is 5.41 Å². The fourth-order valence-corrected chi connectivity index (χ4v) is 2.35. The molecule has 1 nitrogen and oxygen atoms in total. The molecule has 0 saturated carbocycles. The topological polar surface area (TPSA) is 12.0 Å². The highest BCUT2D eigenvalue weighted by Gasteiger charge is 2.16. The molecule has 1 aromatic carbocycles. The van der Waals surface area contributed by atoms with Crippen molar-refractivity contribution in [2.45, 2.75) is 51.5 Å². The Bertz CT molecular complexity index is 325. The average molecular weight is 217 g/mol. The Morgan fingerprint density at radius 2 is 1.75 bits per heavy atom. The average Bonchev–Trinajstić information content (AvgIpc) is 2.29. The molecular weight excluding hydrogens is 194 g/mol. The molecule has 1 heteroatoms. The third-order valence-corrected chi connectivity index (χ3v) is 3.49. The van der Waals surface area contributed by atoms with Crippen molar-refractivity contribution in [3.63, 3.8) is 0 Å². The van der Waals surface area contributed by atoms with Gasteiger partial charge in [0.25, 0.3) is 0 Å². The number of hydrogen-bond donors (Lipinski definition) is 1. The van der Waals surface area contributed by atoms with Crippen LogP contribution in [0.25, 0.3) is 0 Å². The molecule has 1 N–H and O–H groups in total. The Hall–Kier alpha value is -0.820. The minimum absolute atomic E-state index is 0.262. The smallest absolute Gasteiger partial charge is 0.0320 e. The van der Waals surface area contributed by atoms with E-state index in [0.29, 0.717) is 6.04 Å². The fourth-order valence-electron chi connectivity index (χ4n) is 2.35. The van der Waals surface area contributed by atoms with Gasteiger partial charge in [-0.3, -0.25) is 0 Å². The van der Waals surface area contributed by atoms with Crippen molar-refractivity contribution in [2.24, 2.45) is 0 Å². The van der Waals surface area contributed by atoms with Crippen LogP contribution in [0.2, 0.25) is 0 Å². The van der Waals surface area contributed by atoms with Gasteiger partial charge >= 0.3 is 0 Å². The zero-order valence-corrected chi connectivity index (χ0v) is 10.7. The normalized spacial score (nSPS) is 22.1. The van der Waals surface area contributed by atoms with Crippen molar-refractivity contribution >= 4 is 0 Å². The molecule has 88 valence electrons. The van der Waals surface area contributed by atoms with Crippen LogP contribution < -0.4 is 5.32 Å². The highest BCUT2D eigenvalue weighted by molar-refractivity contribution is 5.29. The van der Waals surface area contributed by atoms with Crippen molar-refractivity contribution in [2.75, 3.05) is 6.54 Å². The molecule has 0 radical (unpaired) electrons. The molecule has 0 amide bonds. The van der Waals surface area contributed by atoms with Crippen LogP contribution >= 0.6 is 0 Å². The Labute approximate surface area is 99.3 Å². The first-order chi connectivity index (χ1) is 7.57. The zero-order valence-electron chi connectivity index (χ0n) is 10.7. The summed E-state index contributed by atoms with van der Waals surface area (Å²) in [6, 6.07) is 9.74. The molecule has 0 bridgehead atoms. The zero-order chi connectivity index (χ0) is 11.6. The minimum atomic E-state index is 0.262. The van der Waals surface area contributed by atoms with Crippen LogP contribution in [0.4, 0.5) is 0 Å². The van der Waals surface area contributed by atoms with Crippen LogP contribution in [-0.4, -0.2) is 6.54 Å². The summed E-state index contributed by atoms with van der Waals surface area (Å²) in [5.74, 6) is 0. The molecule has 0 aromatic heterocycles. The van der Waals surface area contributed by atoms with Crippen LogP contribution in [0.3, 0.4) is 0 Å². The van der Waals surface area contributed by atoms with E-state index in [9.17, 15) is 0 Å².